The van der Waals surface area contributed by atoms with Gasteiger partial charge in [-0.2, -0.15) is 0 Å². The Kier molecular flexibility index (Phi) is 10.3. The fourth-order valence-corrected chi connectivity index (χ4v) is 1.58. The predicted octanol–water partition coefficient (Wildman–Crippen LogP) is 2.72. The van der Waals surface area contributed by atoms with Crippen LogP contribution >= 0.6 is 0 Å². The zero-order chi connectivity index (χ0) is 11.5. The lowest BCUT2D eigenvalue weighted by Crippen LogP contribution is -2.12. The predicted molar refractivity (Wildman–Crippen MR) is 61.8 cm³/mol. The van der Waals surface area contributed by atoms with Gasteiger partial charge in [-0.25, -0.2) is 0 Å². The van der Waals surface area contributed by atoms with E-state index in [1.54, 1.807) is 14.2 Å². The summed E-state index contributed by atoms with van der Waals surface area (Å²) in [5.41, 5.74) is 0. The number of aliphatic hydroxyl groups is 1. The topological polar surface area (TPSA) is 38.7 Å². The summed E-state index contributed by atoms with van der Waals surface area (Å²) < 4.78 is 10.2. The van der Waals surface area contributed by atoms with E-state index in [1.807, 2.05) is 6.92 Å². The van der Waals surface area contributed by atoms with E-state index < -0.39 is 0 Å². The summed E-state index contributed by atoms with van der Waals surface area (Å²) in [5, 5.41) is 9.34. The maximum absolute atomic E-state index is 9.34. The van der Waals surface area contributed by atoms with E-state index in [0.717, 1.165) is 32.1 Å². The van der Waals surface area contributed by atoms with E-state index in [-0.39, 0.29) is 12.4 Å². The van der Waals surface area contributed by atoms with Crippen LogP contribution in [0.4, 0.5) is 0 Å². The zero-order valence-corrected chi connectivity index (χ0v) is 10.4. The van der Waals surface area contributed by atoms with Gasteiger partial charge < -0.3 is 14.6 Å². The van der Waals surface area contributed by atoms with E-state index in [1.165, 1.54) is 12.8 Å². The van der Waals surface area contributed by atoms with Gasteiger partial charge in [-0.1, -0.05) is 26.2 Å². The number of unbranched alkanes of at least 4 members (excludes halogenated alkanes) is 3. The maximum atomic E-state index is 9.34. The molecular weight excluding hydrogens is 192 g/mol. The minimum atomic E-state index is -0.101. The first-order valence-corrected chi connectivity index (χ1v) is 5.98. The molecule has 0 aliphatic carbocycles. The van der Waals surface area contributed by atoms with Crippen LogP contribution < -0.4 is 0 Å². The van der Waals surface area contributed by atoms with Gasteiger partial charge in [-0.3, -0.25) is 0 Å². The summed E-state index contributed by atoms with van der Waals surface area (Å²) in [6, 6.07) is 0. The van der Waals surface area contributed by atoms with Crippen molar-refractivity contribution < 1.29 is 14.6 Å². The Morgan fingerprint density at radius 2 is 1.47 bits per heavy atom. The molecule has 0 aromatic heterocycles. The number of rotatable bonds is 10. The molecule has 0 amide bonds. The molecule has 3 heteroatoms. The molecule has 1 atom stereocenters. The minimum absolute atomic E-state index is 0.0498. The largest absolute Gasteiger partial charge is 0.393 e. The fraction of sp³-hybridized carbons (Fsp3) is 1.00. The van der Waals surface area contributed by atoms with Gasteiger partial charge in [0.05, 0.1) is 6.10 Å². The van der Waals surface area contributed by atoms with Crippen LogP contribution in [0.2, 0.25) is 0 Å². The molecule has 0 aromatic rings. The van der Waals surface area contributed by atoms with Crippen LogP contribution in [0.15, 0.2) is 0 Å². The second kappa shape index (κ2) is 10.4. The molecule has 0 fully saturated rings. The van der Waals surface area contributed by atoms with Crippen LogP contribution in [0.5, 0.6) is 0 Å². The molecule has 0 aliphatic rings. The van der Waals surface area contributed by atoms with Crippen molar-refractivity contribution in [3.05, 3.63) is 0 Å². The van der Waals surface area contributed by atoms with Gasteiger partial charge >= 0.3 is 0 Å². The normalized spacial score (nSPS) is 13.4. The monoisotopic (exact) mass is 218 g/mol. The molecule has 0 bridgehead atoms. The van der Waals surface area contributed by atoms with E-state index in [4.69, 9.17) is 9.47 Å². The lowest BCUT2D eigenvalue weighted by atomic mass is 10.1. The Morgan fingerprint density at radius 1 is 0.933 bits per heavy atom. The van der Waals surface area contributed by atoms with Crippen molar-refractivity contribution in [2.45, 2.75) is 64.3 Å². The first-order valence-electron chi connectivity index (χ1n) is 5.98. The van der Waals surface area contributed by atoms with Crippen molar-refractivity contribution in [3.8, 4) is 0 Å². The van der Waals surface area contributed by atoms with Crippen LogP contribution in [0.25, 0.3) is 0 Å². The van der Waals surface area contributed by atoms with E-state index in [0.29, 0.717) is 0 Å². The third-order valence-corrected chi connectivity index (χ3v) is 2.72. The highest BCUT2D eigenvalue weighted by Gasteiger charge is 2.04. The van der Waals surface area contributed by atoms with Crippen LogP contribution in [-0.4, -0.2) is 31.7 Å². The summed E-state index contributed by atoms with van der Waals surface area (Å²) >= 11 is 0. The van der Waals surface area contributed by atoms with Crippen LogP contribution in [-0.2, 0) is 9.47 Å². The third kappa shape index (κ3) is 8.85. The average molecular weight is 218 g/mol. The molecule has 1 N–H and O–H groups in total. The quantitative estimate of drug-likeness (QED) is 0.452. The van der Waals surface area contributed by atoms with Crippen LogP contribution in [0, 0.1) is 0 Å². The Hall–Kier alpha value is -0.120. The highest BCUT2D eigenvalue weighted by molar-refractivity contribution is 4.53. The molecule has 0 saturated carbocycles. The molecule has 92 valence electrons. The Bertz CT molecular complexity index is 124. The maximum Gasteiger partial charge on any atom is 0.156 e. The molecule has 3 nitrogen and oxygen atoms in total. The van der Waals surface area contributed by atoms with Crippen molar-refractivity contribution in [3.63, 3.8) is 0 Å². The van der Waals surface area contributed by atoms with Gasteiger partial charge in [-0.15, -0.1) is 0 Å². The molecule has 0 heterocycles. The van der Waals surface area contributed by atoms with Gasteiger partial charge in [-0.05, 0) is 25.7 Å². The van der Waals surface area contributed by atoms with E-state index >= 15 is 0 Å². The van der Waals surface area contributed by atoms with Gasteiger partial charge in [0.25, 0.3) is 0 Å². The van der Waals surface area contributed by atoms with Gasteiger partial charge in [0, 0.05) is 14.2 Å². The van der Waals surface area contributed by atoms with Crippen molar-refractivity contribution in [1.29, 1.82) is 0 Å². The molecule has 0 aliphatic heterocycles. The fourth-order valence-electron chi connectivity index (χ4n) is 1.58. The molecule has 0 rings (SSSR count). The number of methoxy groups -OCH3 is 2. The Labute approximate surface area is 93.8 Å². The summed E-state index contributed by atoms with van der Waals surface area (Å²) in [7, 11) is 3.34. The number of ether oxygens (including phenoxy) is 2. The number of aliphatic hydroxyl groups excluding tert-OH is 1. The van der Waals surface area contributed by atoms with Crippen molar-refractivity contribution in [2.75, 3.05) is 14.2 Å². The standard InChI is InChI=1S/C12H26O3/c1-4-11(13)9-7-5-6-8-10-12(14-2)15-3/h11-13H,4-10H2,1-3H3. The second-order valence-electron chi connectivity index (χ2n) is 3.95. The molecule has 0 radical (unpaired) electrons. The molecule has 0 aromatic carbocycles. The molecule has 0 saturated heterocycles. The first kappa shape index (κ1) is 14.9. The Balaban J connectivity index is 3.17. The smallest absolute Gasteiger partial charge is 0.156 e. The van der Waals surface area contributed by atoms with Crippen molar-refractivity contribution >= 4 is 0 Å². The Morgan fingerprint density at radius 3 is 1.93 bits per heavy atom. The van der Waals surface area contributed by atoms with Crippen LogP contribution in [0.3, 0.4) is 0 Å². The lowest BCUT2D eigenvalue weighted by molar-refractivity contribution is -0.107. The summed E-state index contributed by atoms with van der Waals surface area (Å²) in [5.74, 6) is 0. The van der Waals surface area contributed by atoms with Crippen LogP contribution in [0.1, 0.15) is 51.9 Å². The SMILES string of the molecule is CCC(O)CCCCCCC(OC)OC. The minimum Gasteiger partial charge on any atom is -0.393 e. The average Bonchev–Trinajstić information content (AvgIpc) is 2.28. The number of hydrogen-bond acceptors (Lipinski definition) is 3. The van der Waals surface area contributed by atoms with E-state index in [2.05, 4.69) is 0 Å². The highest BCUT2D eigenvalue weighted by atomic mass is 16.7. The van der Waals surface area contributed by atoms with Crippen molar-refractivity contribution in [2.24, 2.45) is 0 Å². The molecule has 1 unspecified atom stereocenters. The molecule has 15 heavy (non-hydrogen) atoms. The van der Waals surface area contributed by atoms with E-state index in [9.17, 15) is 5.11 Å². The van der Waals surface area contributed by atoms with Crippen molar-refractivity contribution in [1.82, 2.24) is 0 Å². The lowest BCUT2D eigenvalue weighted by Gasteiger charge is -2.12. The second-order valence-corrected chi connectivity index (χ2v) is 3.95. The van der Waals surface area contributed by atoms with Gasteiger partial charge in [0.15, 0.2) is 6.29 Å². The highest BCUT2D eigenvalue weighted by Crippen LogP contribution is 2.11. The zero-order valence-electron chi connectivity index (χ0n) is 10.4. The summed E-state index contributed by atoms with van der Waals surface area (Å²) in [6.45, 7) is 2.02. The first-order chi connectivity index (χ1) is 7.24. The number of hydrogen-bond donors (Lipinski definition) is 1. The van der Waals surface area contributed by atoms with Gasteiger partial charge in [0.1, 0.15) is 0 Å². The summed E-state index contributed by atoms with van der Waals surface area (Å²) in [4.78, 5) is 0. The molecule has 0 spiro atoms. The third-order valence-electron chi connectivity index (χ3n) is 2.72. The molecular formula is C12H26O3. The van der Waals surface area contributed by atoms with Gasteiger partial charge in [0.2, 0.25) is 0 Å². The summed E-state index contributed by atoms with van der Waals surface area (Å²) in [6.07, 6.45) is 7.26.